The minimum Gasteiger partial charge on any atom is -0.279 e. The number of carbonyl (C=O) groups is 2. The third-order valence-electron chi connectivity index (χ3n) is 3.03. The first kappa shape index (κ1) is 11.6. The summed E-state index contributed by atoms with van der Waals surface area (Å²) in [5, 5.41) is 0. The van der Waals surface area contributed by atoms with Crippen molar-refractivity contribution in [2.24, 2.45) is 0 Å². The van der Waals surface area contributed by atoms with Gasteiger partial charge in [-0.2, -0.15) is 0 Å². The molecule has 0 radical (unpaired) electrons. The van der Waals surface area contributed by atoms with Crippen molar-refractivity contribution in [1.29, 1.82) is 0 Å². The van der Waals surface area contributed by atoms with Crippen LogP contribution in [0.25, 0.3) is 0 Å². The van der Waals surface area contributed by atoms with Gasteiger partial charge in [-0.15, -0.1) is 6.58 Å². The van der Waals surface area contributed by atoms with Crippen LogP contribution >= 0.6 is 0 Å². The van der Waals surface area contributed by atoms with Gasteiger partial charge in [0.15, 0.2) is 0 Å². The second-order valence-corrected chi connectivity index (χ2v) is 4.20. The molecule has 2 amide bonds. The molecule has 3 heteroatoms. The fourth-order valence-corrected chi connectivity index (χ4v) is 2.15. The van der Waals surface area contributed by atoms with E-state index in [1.54, 1.807) is 6.08 Å². The summed E-state index contributed by atoms with van der Waals surface area (Å²) in [5.41, 5.74) is 1.06. The average Bonchev–Trinajstić information content (AvgIpc) is 2.35. The molecule has 0 N–H and O–H groups in total. The van der Waals surface area contributed by atoms with Crippen molar-refractivity contribution >= 4 is 11.8 Å². The highest BCUT2D eigenvalue weighted by Crippen LogP contribution is 2.29. The molecular formula is C14H15NO2. The highest BCUT2D eigenvalue weighted by atomic mass is 16.2. The van der Waals surface area contributed by atoms with Crippen molar-refractivity contribution in [3.05, 3.63) is 48.6 Å². The molecule has 2 rings (SSSR count). The summed E-state index contributed by atoms with van der Waals surface area (Å²) in [6.07, 6.45) is 2.39. The zero-order valence-corrected chi connectivity index (χ0v) is 9.63. The van der Waals surface area contributed by atoms with Crippen LogP contribution in [-0.4, -0.2) is 23.3 Å². The van der Waals surface area contributed by atoms with Gasteiger partial charge in [-0.1, -0.05) is 36.4 Å². The quantitative estimate of drug-likeness (QED) is 0.588. The molecule has 0 spiro atoms. The second-order valence-electron chi connectivity index (χ2n) is 4.20. The van der Waals surface area contributed by atoms with Crippen molar-refractivity contribution in [2.75, 3.05) is 6.54 Å². The van der Waals surface area contributed by atoms with Crippen molar-refractivity contribution in [1.82, 2.24) is 4.90 Å². The number of amides is 2. The molecule has 0 saturated carbocycles. The van der Waals surface area contributed by atoms with Crippen molar-refractivity contribution in [3.8, 4) is 0 Å². The number of imide groups is 1. The topological polar surface area (TPSA) is 37.4 Å². The van der Waals surface area contributed by atoms with Gasteiger partial charge >= 0.3 is 0 Å². The van der Waals surface area contributed by atoms with E-state index in [-0.39, 0.29) is 17.7 Å². The summed E-state index contributed by atoms with van der Waals surface area (Å²) in [6, 6.07) is 9.73. The summed E-state index contributed by atoms with van der Waals surface area (Å²) in [5.74, 6) is -0.178. The van der Waals surface area contributed by atoms with E-state index in [9.17, 15) is 9.59 Å². The Morgan fingerprint density at radius 3 is 2.29 bits per heavy atom. The standard InChI is InChI=1S/C14H15NO2/c1-2-8-15-13(16)9-12(10-14(15)17)11-6-4-3-5-7-11/h2-7,12H,1,8-10H2. The van der Waals surface area contributed by atoms with Crippen LogP contribution in [0.5, 0.6) is 0 Å². The van der Waals surface area contributed by atoms with Crippen LogP contribution < -0.4 is 0 Å². The fourth-order valence-electron chi connectivity index (χ4n) is 2.15. The molecule has 0 atom stereocenters. The van der Waals surface area contributed by atoms with E-state index >= 15 is 0 Å². The van der Waals surface area contributed by atoms with Crippen LogP contribution in [0.3, 0.4) is 0 Å². The molecule has 1 aliphatic rings. The van der Waals surface area contributed by atoms with Crippen molar-refractivity contribution in [3.63, 3.8) is 0 Å². The summed E-state index contributed by atoms with van der Waals surface area (Å²) in [7, 11) is 0. The van der Waals surface area contributed by atoms with E-state index in [1.807, 2.05) is 30.3 Å². The maximum atomic E-state index is 11.8. The summed E-state index contributed by atoms with van der Waals surface area (Å²) in [6.45, 7) is 3.87. The van der Waals surface area contributed by atoms with Gasteiger partial charge in [0.1, 0.15) is 0 Å². The number of benzene rings is 1. The summed E-state index contributed by atoms with van der Waals surface area (Å²) in [4.78, 5) is 25.0. The Labute approximate surface area is 101 Å². The highest BCUT2D eigenvalue weighted by molar-refractivity contribution is 5.98. The number of rotatable bonds is 3. The molecular weight excluding hydrogens is 214 g/mol. The number of carbonyl (C=O) groups excluding carboxylic acids is 2. The third-order valence-corrected chi connectivity index (χ3v) is 3.03. The van der Waals surface area contributed by atoms with Gasteiger partial charge in [0, 0.05) is 25.3 Å². The molecule has 0 aromatic heterocycles. The predicted molar refractivity (Wildman–Crippen MR) is 65.3 cm³/mol. The van der Waals surface area contributed by atoms with Crippen molar-refractivity contribution < 1.29 is 9.59 Å². The van der Waals surface area contributed by atoms with E-state index < -0.39 is 0 Å². The van der Waals surface area contributed by atoms with Gasteiger partial charge in [0.05, 0.1) is 0 Å². The predicted octanol–water partition coefficient (Wildman–Crippen LogP) is 2.11. The maximum absolute atomic E-state index is 11.8. The smallest absolute Gasteiger partial charge is 0.230 e. The lowest BCUT2D eigenvalue weighted by atomic mass is 9.88. The number of likely N-dealkylation sites (tertiary alicyclic amines) is 1. The van der Waals surface area contributed by atoms with Crippen molar-refractivity contribution in [2.45, 2.75) is 18.8 Å². The lowest BCUT2D eigenvalue weighted by Gasteiger charge is -2.29. The maximum Gasteiger partial charge on any atom is 0.230 e. The lowest BCUT2D eigenvalue weighted by Crippen LogP contribution is -2.42. The van der Waals surface area contributed by atoms with Gasteiger partial charge in [0.2, 0.25) is 11.8 Å². The molecule has 88 valence electrons. The number of hydrogen-bond donors (Lipinski definition) is 0. The molecule has 17 heavy (non-hydrogen) atoms. The van der Waals surface area contributed by atoms with Crippen LogP contribution in [0.2, 0.25) is 0 Å². The number of hydrogen-bond acceptors (Lipinski definition) is 2. The zero-order chi connectivity index (χ0) is 12.3. The molecule has 1 aromatic carbocycles. The first-order valence-corrected chi connectivity index (χ1v) is 5.71. The Morgan fingerprint density at radius 2 is 1.76 bits per heavy atom. The van der Waals surface area contributed by atoms with Crippen LogP contribution in [0.4, 0.5) is 0 Å². The summed E-state index contributed by atoms with van der Waals surface area (Å²) < 4.78 is 0. The molecule has 0 unspecified atom stereocenters. The normalized spacial score (nSPS) is 17.3. The number of nitrogens with zero attached hydrogens (tertiary/aromatic N) is 1. The average molecular weight is 229 g/mol. The van der Waals surface area contributed by atoms with Crippen LogP contribution in [0.1, 0.15) is 24.3 Å². The van der Waals surface area contributed by atoms with Crippen LogP contribution in [0, 0.1) is 0 Å². The van der Waals surface area contributed by atoms with E-state index in [1.165, 1.54) is 4.90 Å². The molecule has 1 aromatic rings. The molecule has 0 aliphatic carbocycles. The Kier molecular flexibility index (Phi) is 3.38. The molecule has 0 bridgehead atoms. The third kappa shape index (κ3) is 2.44. The minimum absolute atomic E-state index is 0.0252. The van der Waals surface area contributed by atoms with Gasteiger partial charge < -0.3 is 0 Å². The van der Waals surface area contributed by atoms with Gasteiger partial charge in [-0.05, 0) is 5.56 Å². The molecule has 3 nitrogen and oxygen atoms in total. The SMILES string of the molecule is C=CCN1C(=O)CC(c2ccccc2)CC1=O. The van der Waals surface area contributed by atoms with E-state index in [0.29, 0.717) is 19.4 Å². The Hall–Kier alpha value is -1.90. The van der Waals surface area contributed by atoms with E-state index in [4.69, 9.17) is 0 Å². The Balaban J connectivity index is 2.14. The first-order chi connectivity index (χ1) is 8.22. The molecule has 1 heterocycles. The Bertz CT molecular complexity index is 421. The fraction of sp³-hybridized carbons (Fsp3) is 0.286. The van der Waals surface area contributed by atoms with E-state index in [2.05, 4.69) is 6.58 Å². The minimum atomic E-state index is -0.102. The van der Waals surface area contributed by atoms with Crippen LogP contribution in [-0.2, 0) is 9.59 Å². The molecule has 1 fully saturated rings. The summed E-state index contributed by atoms with van der Waals surface area (Å²) >= 11 is 0. The first-order valence-electron chi connectivity index (χ1n) is 5.71. The Morgan fingerprint density at radius 1 is 1.18 bits per heavy atom. The van der Waals surface area contributed by atoms with E-state index in [0.717, 1.165) is 5.56 Å². The zero-order valence-electron chi connectivity index (χ0n) is 9.63. The molecule has 1 saturated heterocycles. The number of piperidine rings is 1. The lowest BCUT2D eigenvalue weighted by molar-refractivity contribution is -0.147. The van der Waals surface area contributed by atoms with Gasteiger partial charge in [0.25, 0.3) is 0 Å². The monoisotopic (exact) mass is 229 g/mol. The van der Waals surface area contributed by atoms with Crippen LogP contribution in [0.15, 0.2) is 43.0 Å². The van der Waals surface area contributed by atoms with Gasteiger partial charge in [-0.25, -0.2) is 0 Å². The second kappa shape index (κ2) is 4.95. The van der Waals surface area contributed by atoms with Gasteiger partial charge in [-0.3, -0.25) is 14.5 Å². The highest BCUT2D eigenvalue weighted by Gasteiger charge is 2.32. The largest absolute Gasteiger partial charge is 0.279 e. The molecule has 1 aliphatic heterocycles.